The molecule has 2 aliphatic rings. The van der Waals surface area contributed by atoms with E-state index in [9.17, 15) is 5.11 Å². The zero-order valence-electron chi connectivity index (χ0n) is 13.8. The maximum atomic E-state index is 9.32. The van der Waals surface area contributed by atoms with E-state index in [1.165, 1.54) is 5.56 Å². The van der Waals surface area contributed by atoms with Gasteiger partial charge in [-0.2, -0.15) is 0 Å². The highest BCUT2D eigenvalue weighted by Gasteiger charge is 2.23. The first-order valence-electron chi connectivity index (χ1n) is 8.41. The molecule has 0 aliphatic carbocycles. The van der Waals surface area contributed by atoms with E-state index >= 15 is 0 Å². The Morgan fingerprint density at radius 2 is 1.96 bits per heavy atom. The molecule has 23 heavy (non-hydrogen) atoms. The Morgan fingerprint density at radius 3 is 2.70 bits per heavy atom. The molecule has 0 saturated carbocycles. The molecule has 0 spiro atoms. The van der Waals surface area contributed by atoms with Crippen molar-refractivity contribution in [2.45, 2.75) is 6.04 Å². The van der Waals surface area contributed by atoms with Crippen molar-refractivity contribution in [1.82, 2.24) is 15.1 Å². The summed E-state index contributed by atoms with van der Waals surface area (Å²) in [6, 6.07) is 6.45. The number of fused-ring (bicyclic) bond motifs is 1. The second-order valence-electron chi connectivity index (χ2n) is 6.17. The molecule has 2 N–H and O–H groups in total. The first-order valence-corrected chi connectivity index (χ1v) is 8.41. The van der Waals surface area contributed by atoms with Gasteiger partial charge in [-0.15, -0.1) is 0 Å². The van der Waals surface area contributed by atoms with Crippen LogP contribution in [0.5, 0.6) is 11.5 Å². The standard InChI is InChI=1S/C17H27N3O3/c1-19(8-9-21)15(13-20-6-4-18-5-7-20)14-2-3-16-17(12-14)23-11-10-22-16/h2-3,12,15,18,21H,4-11,13H2,1H3. The van der Waals surface area contributed by atoms with Gasteiger partial charge >= 0.3 is 0 Å². The molecule has 1 fully saturated rings. The number of hydrogen-bond acceptors (Lipinski definition) is 6. The fourth-order valence-corrected chi connectivity index (χ4v) is 3.22. The van der Waals surface area contributed by atoms with Crippen molar-refractivity contribution in [1.29, 1.82) is 0 Å². The van der Waals surface area contributed by atoms with Crippen LogP contribution in [0, 0.1) is 0 Å². The average Bonchev–Trinajstić information content (AvgIpc) is 2.60. The van der Waals surface area contributed by atoms with Crippen molar-refractivity contribution >= 4 is 0 Å². The molecule has 1 atom stereocenters. The third-order valence-corrected chi connectivity index (χ3v) is 4.58. The van der Waals surface area contributed by atoms with E-state index in [2.05, 4.69) is 34.3 Å². The lowest BCUT2D eigenvalue weighted by Gasteiger charge is -2.35. The summed E-state index contributed by atoms with van der Waals surface area (Å²) in [6.45, 7) is 7.20. The summed E-state index contributed by atoms with van der Waals surface area (Å²) in [5.74, 6) is 1.65. The first-order chi connectivity index (χ1) is 11.3. The van der Waals surface area contributed by atoms with Gasteiger partial charge in [0.15, 0.2) is 11.5 Å². The largest absolute Gasteiger partial charge is 0.486 e. The van der Waals surface area contributed by atoms with Gasteiger partial charge in [0.2, 0.25) is 0 Å². The van der Waals surface area contributed by atoms with E-state index in [0.29, 0.717) is 19.8 Å². The molecule has 2 heterocycles. The van der Waals surface area contributed by atoms with Crippen molar-refractivity contribution in [2.24, 2.45) is 0 Å². The number of hydrogen-bond donors (Lipinski definition) is 2. The van der Waals surface area contributed by atoms with E-state index in [4.69, 9.17) is 9.47 Å². The normalized spacial score (nSPS) is 19.8. The molecule has 2 aliphatic heterocycles. The Morgan fingerprint density at radius 1 is 1.22 bits per heavy atom. The Labute approximate surface area is 138 Å². The van der Waals surface area contributed by atoms with Gasteiger partial charge in [0.05, 0.1) is 6.61 Å². The van der Waals surface area contributed by atoms with Gasteiger partial charge in [-0.3, -0.25) is 9.80 Å². The van der Waals surface area contributed by atoms with Crippen LogP contribution in [0.15, 0.2) is 18.2 Å². The number of nitrogens with one attached hydrogen (secondary N) is 1. The highest BCUT2D eigenvalue weighted by Crippen LogP contribution is 2.34. The number of aliphatic hydroxyl groups is 1. The van der Waals surface area contributed by atoms with Crippen molar-refractivity contribution in [3.63, 3.8) is 0 Å². The van der Waals surface area contributed by atoms with Crippen molar-refractivity contribution in [3.05, 3.63) is 23.8 Å². The molecule has 1 aromatic rings. The summed E-state index contributed by atoms with van der Waals surface area (Å²) >= 11 is 0. The maximum Gasteiger partial charge on any atom is 0.161 e. The van der Waals surface area contributed by atoms with Crippen LogP contribution in [-0.2, 0) is 0 Å². The zero-order valence-corrected chi connectivity index (χ0v) is 13.8. The Balaban J connectivity index is 1.78. The van der Waals surface area contributed by atoms with Crippen LogP contribution in [0.3, 0.4) is 0 Å². The number of likely N-dealkylation sites (N-methyl/N-ethyl adjacent to an activating group) is 1. The summed E-state index contributed by atoms with van der Waals surface area (Å²) < 4.78 is 11.3. The Hall–Kier alpha value is -1.34. The number of nitrogens with zero attached hydrogens (tertiary/aromatic N) is 2. The molecule has 3 rings (SSSR count). The highest BCUT2D eigenvalue weighted by atomic mass is 16.6. The monoisotopic (exact) mass is 321 g/mol. The van der Waals surface area contributed by atoms with Gasteiger partial charge in [-0.1, -0.05) is 6.07 Å². The number of benzene rings is 1. The molecule has 0 amide bonds. The predicted octanol–water partition coefficient (Wildman–Crippen LogP) is 0.328. The average molecular weight is 321 g/mol. The minimum absolute atomic E-state index is 0.166. The van der Waals surface area contributed by atoms with Crippen molar-refractivity contribution in [2.75, 3.05) is 66.1 Å². The second-order valence-corrected chi connectivity index (χ2v) is 6.17. The van der Waals surface area contributed by atoms with Crippen LogP contribution in [0.25, 0.3) is 0 Å². The molecule has 1 aromatic carbocycles. The molecule has 128 valence electrons. The van der Waals surface area contributed by atoms with Crippen molar-refractivity contribution < 1.29 is 14.6 Å². The number of aliphatic hydroxyl groups excluding tert-OH is 1. The fourth-order valence-electron chi connectivity index (χ4n) is 3.22. The number of rotatable bonds is 6. The SMILES string of the molecule is CN(CCO)C(CN1CCNCC1)c1ccc2c(c1)OCCO2. The topological polar surface area (TPSA) is 57.2 Å². The third kappa shape index (κ3) is 4.14. The van der Waals surface area contributed by atoms with Gasteiger partial charge in [0.25, 0.3) is 0 Å². The van der Waals surface area contributed by atoms with Crippen LogP contribution in [0.1, 0.15) is 11.6 Å². The van der Waals surface area contributed by atoms with Gasteiger partial charge in [-0.05, 0) is 24.7 Å². The lowest BCUT2D eigenvalue weighted by atomic mass is 10.0. The van der Waals surface area contributed by atoms with Gasteiger partial charge < -0.3 is 19.9 Å². The summed E-state index contributed by atoms with van der Waals surface area (Å²) in [7, 11) is 2.07. The Kier molecular flexibility index (Phi) is 5.72. The highest BCUT2D eigenvalue weighted by molar-refractivity contribution is 5.44. The molecular weight excluding hydrogens is 294 g/mol. The number of piperazine rings is 1. The molecule has 6 heteroatoms. The van der Waals surface area contributed by atoms with E-state index in [1.807, 2.05) is 6.07 Å². The van der Waals surface area contributed by atoms with Crippen LogP contribution in [-0.4, -0.2) is 81.0 Å². The quantitative estimate of drug-likeness (QED) is 0.787. The van der Waals surface area contributed by atoms with Crippen LogP contribution < -0.4 is 14.8 Å². The van der Waals surface area contributed by atoms with E-state index < -0.39 is 0 Å². The van der Waals surface area contributed by atoms with Crippen molar-refractivity contribution in [3.8, 4) is 11.5 Å². The molecule has 6 nitrogen and oxygen atoms in total. The summed E-state index contributed by atoms with van der Waals surface area (Å²) in [6.07, 6.45) is 0. The third-order valence-electron chi connectivity index (χ3n) is 4.58. The molecule has 0 bridgehead atoms. The minimum Gasteiger partial charge on any atom is -0.486 e. The summed E-state index contributed by atoms with van der Waals surface area (Å²) in [5, 5.41) is 12.7. The Bertz CT molecular complexity index is 506. The zero-order chi connectivity index (χ0) is 16.1. The first kappa shape index (κ1) is 16.5. The molecule has 1 saturated heterocycles. The molecular formula is C17H27N3O3. The lowest BCUT2D eigenvalue weighted by Crippen LogP contribution is -2.47. The van der Waals surface area contributed by atoms with E-state index in [0.717, 1.165) is 44.2 Å². The summed E-state index contributed by atoms with van der Waals surface area (Å²) in [4.78, 5) is 4.69. The van der Waals surface area contributed by atoms with Crippen LogP contribution in [0.2, 0.25) is 0 Å². The summed E-state index contributed by atoms with van der Waals surface area (Å²) in [5.41, 5.74) is 1.21. The van der Waals surface area contributed by atoms with E-state index in [1.54, 1.807) is 0 Å². The van der Waals surface area contributed by atoms with Gasteiger partial charge in [0.1, 0.15) is 13.2 Å². The van der Waals surface area contributed by atoms with Crippen LogP contribution >= 0.6 is 0 Å². The molecule has 0 aromatic heterocycles. The maximum absolute atomic E-state index is 9.32. The van der Waals surface area contributed by atoms with Crippen LogP contribution in [0.4, 0.5) is 0 Å². The van der Waals surface area contributed by atoms with Gasteiger partial charge in [-0.25, -0.2) is 0 Å². The lowest BCUT2D eigenvalue weighted by molar-refractivity contribution is 0.129. The number of ether oxygens (including phenoxy) is 2. The van der Waals surface area contributed by atoms with E-state index in [-0.39, 0.29) is 12.6 Å². The minimum atomic E-state index is 0.166. The predicted molar refractivity (Wildman–Crippen MR) is 89.2 cm³/mol. The second kappa shape index (κ2) is 7.97. The molecule has 1 unspecified atom stereocenters. The smallest absolute Gasteiger partial charge is 0.161 e. The van der Waals surface area contributed by atoms with Gasteiger partial charge in [0, 0.05) is 45.3 Å². The molecule has 0 radical (unpaired) electrons. The fraction of sp³-hybridized carbons (Fsp3) is 0.647.